The fraction of sp³-hybridized carbons (Fsp3) is 0.0714. The zero-order valence-electron chi connectivity index (χ0n) is 9.74. The first-order valence-electron chi connectivity index (χ1n) is 5.76. The normalized spacial score (nSPS) is 10.4. The van der Waals surface area contributed by atoms with Gasteiger partial charge in [-0.25, -0.2) is 15.0 Å². The number of rotatable bonds is 3. The van der Waals surface area contributed by atoms with Crippen molar-refractivity contribution in [2.75, 3.05) is 5.32 Å². The zero-order valence-corrected chi connectivity index (χ0v) is 9.74. The zero-order chi connectivity index (χ0) is 12.2. The maximum absolute atomic E-state index is 4.37. The molecule has 0 atom stereocenters. The van der Waals surface area contributed by atoms with Crippen LogP contribution in [0.4, 0.5) is 5.82 Å². The van der Waals surface area contributed by atoms with Gasteiger partial charge < -0.3 is 5.32 Å². The lowest BCUT2D eigenvalue weighted by molar-refractivity contribution is 0.999. The summed E-state index contributed by atoms with van der Waals surface area (Å²) in [6.45, 7) is 0.642. The summed E-state index contributed by atoms with van der Waals surface area (Å²) in [5, 5.41) is 5.60. The van der Waals surface area contributed by atoms with Gasteiger partial charge in [0.15, 0.2) is 0 Å². The fourth-order valence-electron chi connectivity index (χ4n) is 1.86. The molecule has 0 aliphatic heterocycles. The maximum Gasteiger partial charge on any atom is 0.134 e. The Bertz CT molecular complexity index is 647. The molecule has 4 nitrogen and oxygen atoms in total. The summed E-state index contributed by atoms with van der Waals surface area (Å²) in [6, 6.07) is 12.1. The summed E-state index contributed by atoms with van der Waals surface area (Å²) >= 11 is 0. The largest absolute Gasteiger partial charge is 0.364 e. The monoisotopic (exact) mass is 236 g/mol. The molecule has 1 N–H and O–H groups in total. The SMILES string of the molecule is c1ccc2c(NCc3ccncn3)nccc2c1. The van der Waals surface area contributed by atoms with E-state index in [-0.39, 0.29) is 0 Å². The molecule has 2 aromatic heterocycles. The van der Waals surface area contributed by atoms with Gasteiger partial charge in [-0.15, -0.1) is 0 Å². The quantitative estimate of drug-likeness (QED) is 0.759. The van der Waals surface area contributed by atoms with Crippen LogP contribution in [-0.2, 0) is 6.54 Å². The van der Waals surface area contributed by atoms with E-state index in [9.17, 15) is 0 Å². The summed E-state index contributed by atoms with van der Waals surface area (Å²) in [5.74, 6) is 0.881. The Hall–Kier alpha value is -2.49. The summed E-state index contributed by atoms with van der Waals surface area (Å²) in [5.41, 5.74) is 0.944. The van der Waals surface area contributed by atoms with Gasteiger partial charge in [-0.1, -0.05) is 24.3 Å². The van der Waals surface area contributed by atoms with Crippen LogP contribution in [0.25, 0.3) is 10.8 Å². The van der Waals surface area contributed by atoms with Crippen molar-refractivity contribution >= 4 is 16.6 Å². The predicted molar refractivity (Wildman–Crippen MR) is 71.1 cm³/mol. The third-order valence-corrected chi connectivity index (χ3v) is 2.75. The molecule has 0 aliphatic carbocycles. The Kier molecular flexibility index (Phi) is 2.84. The smallest absolute Gasteiger partial charge is 0.134 e. The van der Waals surface area contributed by atoms with Crippen molar-refractivity contribution in [3.63, 3.8) is 0 Å². The Balaban J connectivity index is 1.87. The molecule has 2 heterocycles. The van der Waals surface area contributed by atoms with Crippen LogP contribution >= 0.6 is 0 Å². The second-order valence-electron chi connectivity index (χ2n) is 3.93. The topological polar surface area (TPSA) is 50.7 Å². The van der Waals surface area contributed by atoms with Crippen LogP contribution in [0.15, 0.2) is 55.1 Å². The van der Waals surface area contributed by atoms with Crippen LogP contribution in [-0.4, -0.2) is 15.0 Å². The van der Waals surface area contributed by atoms with Crippen molar-refractivity contribution in [3.05, 3.63) is 60.8 Å². The molecule has 88 valence electrons. The Labute approximate surface area is 105 Å². The van der Waals surface area contributed by atoms with E-state index in [4.69, 9.17) is 0 Å². The highest BCUT2D eigenvalue weighted by Crippen LogP contribution is 2.20. The molecule has 18 heavy (non-hydrogen) atoms. The van der Waals surface area contributed by atoms with E-state index in [1.807, 2.05) is 30.5 Å². The van der Waals surface area contributed by atoms with Gasteiger partial charge in [-0.05, 0) is 17.5 Å². The second-order valence-corrected chi connectivity index (χ2v) is 3.93. The highest BCUT2D eigenvalue weighted by atomic mass is 15.0. The van der Waals surface area contributed by atoms with Crippen molar-refractivity contribution in [2.24, 2.45) is 0 Å². The lowest BCUT2D eigenvalue weighted by Gasteiger charge is -2.07. The predicted octanol–water partition coefficient (Wildman–Crippen LogP) is 2.64. The third kappa shape index (κ3) is 2.13. The average Bonchev–Trinajstić information content (AvgIpc) is 2.46. The highest BCUT2D eigenvalue weighted by molar-refractivity contribution is 5.91. The van der Waals surface area contributed by atoms with Crippen molar-refractivity contribution < 1.29 is 0 Å². The van der Waals surface area contributed by atoms with Crippen molar-refractivity contribution in [2.45, 2.75) is 6.54 Å². The first-order chi connectivity index (χ1) is 8.93. The molecule has 0 radical (unpaired) electrons. The number of aromatic nitrogens is 3. The summed E-state index contributed by atoms with van der Waals surface area (Å²) in [6.07, 6.45) is 5.10. The standard InChI is InChI=1S/C14H12N4/c1-2-4-13-11(3-1)5-8-16-14(13)17-9-12-6-7-15-10-18-12/h1-8,10H,9H2,(H,16,17). The van der Waals surface area contributed by atoms with Crippen LogP contribution in [0.3, 0.4) is 0 Å². The summed E-state index contributed by atoms with van der Waals surface area (Å²) < 4.78 is 0. The molecule has 0 saturated heterocycles. The average molecular weight is 236 g/mol. The van der Waals surface area contributed by atoms with E-state index in [1.165, 1.54) is 5.39 Å². The molecule has 0 fully saturated rings. The number of benzene rings is 1. The number of pyridine rings is 1. The maximum atomic E-state index is 4.37. The fourth-order valence-corrected chi connectivity index (χ4v) is 1.86. The van der Waals surface area contributed by atoms with Gasteiger partial charge in [0.05, 0.1) is 12.2 Å². The molecular weight excluding hydrogens is 224 g/mol. The van der Waals surface area contributed by atoms with E-state index in [0.29, 0.717) is 6.54 Å². The minimum Gasteiger partial charge on any atom is -0.364 e. The lowest BCUT2D eigenvalue weighted by atomic mass is 10.1. The number of nitrogens with zero attached hydrogens (tertiary/aromatic N) is 3. The number of anilines is 1. The molecule has 4 heteroatoms. The van der Waals surface area contributed by atoms with Gasteiger partial charge in [0.1, 0.15) is 12.1 Å². The number of nitrogens with one attached hydrogen (secondary N) is 1. The minimum absolute atomic E-state index is 0.642. The van der Waals surface area contributed by atoms with E-state index in [2.05, 4.69) is 32.4 Å². The molecular formula is C14H12N4. The van der Waals surface area contributed by atoms with Gasteiger partial charge in [0.2, 0.25) is 0 Å². The van der Waals surface area contributed by atoms with Crippen molar-refractivity contribution in [1.82, 2.24) is 15.0 Å². The van der Waals surface area contributed by atoms with Gasteiger partial charge in [0.25, 0.3) is 0 Å². The van der Waals surface area contributed by atoms with E-state index >= 15 is 0 Å². The summed E-state index contributed by atoms with van der Waals surface area (Å²) in [7, 11) is 0. The number of fused-ring (bicyclic) bond motifs is 1. The molecule has 3 rings (SSSR count). The molecule has 1 aromatic carbocycles. The molecule has 3 aromatic rings. The van der Waals surface area contributed by atoms with Gasteiger partial charge in [0, 0.05) is 17.8 Å². The van der Waals surface area contributed by atoms with Crippen LogP contribution in [0.1, 0.15) is 5.69 Å². The Morgan fingerprint density at radius 1 is 0.944 bits per heavy atom. The Morgan fingerprint density at radius 3 is 2.78 bits per heavy atom. The third-order valence-electron chi connectivity index (χ3n) is 2.75. The van der Waals surface area contributed by atoms with Crippen LogP contribution in [0, 0.1) is 0 Å². The second kappa shape index (κ2) is 4.79. The number of hydrogen-bond donors (Lipinski definition) is 1. The minimum atomic E-state index is 0.642. The molecule has 0 amide bonds. The Morgan fingerprint density at radius 2 is 1.89 bits per heavy atom. The first-order valence-corrected chi connectivity index (χ1v) is 5.76. The van der Waals surface area contributed by atoms with Crippen molar-refractivity contribution in [3.8, 4) is 0 Å². The van der Waals surface area contributed by atoms with Gasteiger partial charge in [-0.2, -0.15) is 0 Å². The van der Waals surface area contributed by atoms with Crippen LogP contribution in [0.2, 0.25) is 0 Å². The molecule has 0 bridgehead atoms. The first kappa shape index (κ1) is 10.7. The summed E-state index contributed by atoms with van der Waals surface area (Å²) in [4.78, 5) is 12.4. The lowest BCUT2D eigenvalue weighted by Crippen LogP contribution is -2.03. The van der Waals surface area contributed by atoms with E-state index in [0.717, 1.165) is 16.9 Å². The van der Waals surface area contributed by atoms with E-state index in [1.54, 1.807) is 12.5 Å². The highest BCUT2D eigenvalue weighted by Gasteiger charge is 2.01. The molecule has 0 spiro atoms. The molecule has 0 unspecified atom stereocenters. The molecule has 0 saturated carbocycles. The van der Waals surface area contributed by atoms with Crippen molar-refractivity contribution in [1.29, 1.82) is 0 Å². The van der Waals surface area contributed by atoms with Gasteiger partial charge in [-0.3, -0.25) is 0 Å². The van der Waals surface area contributed by atoms with Crippen LogP contribution < -0.4 is 5.32 Å². The van der Waals surface area contributed by atoms with Gasteiger partial charge >= 0.3 is 0 Å². The van der Waals surface area contributed by atoms with Crippen LogP contribution in [0.5, 0.6) is 0 Å². The number of hydrogen-bond acceptors (Lipinski definition) is 4. The molecule has 0 aliphatic rings. The van der Waals surface area contributed by atoms with E-state index < -0.39 is 0 Å².